The van der Waals surface area contributed by atoms with Gasteiger partial charge in [0, 0.05) is 23.7 Å². The monoisotopic (exact) mass is 336 g/mol. The summed E-state index contributed by atoms with van der Waals surface area (Å²) in [7, 11) is 2.28. The molecule has 124 valence electrons. The van der Waals surface area contributed by atoms with E-state index in [2.05, 4.69) is 66.1 Å². The Bertz CT molecular complexity index is 927. The highest BCUT2D eigenvalue weighted by Crippen LogP contribution is 2.59. The summed E-state index contributed by atoms with van der Waals surface area (Å²) >= 11 is 1.89. The molecular formula is C21H24N2S. The van der Waals surface area contributed by atoms with Crippen LogP contribution < -0.4 is 4.90 Å². The molecule has 0 saturated heterocycles. The third-order valence-electron chi connectivity index (χ3n) is 6.34. The van der Waals surface area contributed by atoms with Crippen LogP contribution in [0.5, 0.6) is 0 Å². The third kappa shape index (κ3) is 1.61. The predicted molar refractivity (Wildman–Crippen MR) is 103 cm³/mol. The molecule has 2 aromatic heterocycles. The van der Waals surface area contributed by atoms with Crippen LogP contribution in [-0.2, 0) is 12.6 Å². The van der Waals surface area contributed by atoms with Crippen LogP contribution in [0.3, 0.4) is 0 Å². The zero-order valence-corrected chi connectivity index (χ0v) is 15.5. The molecule has 1 aliphatic carbocycles. The molecule has 0 N–H and O–H groups in total. The molecule has 1 aliphatic heterocycles. The Hall–Kier alpha value is -1.74. The first-order valence-corrected chi connectivity index (χ1v) is 9.94. The molecule has 24 heavy (non-hydrogen) atoms. The zero-order valence-electron chi connectivity index (χ0n) is 14.7. The van der Waals surface area contributed by atoms with Gasteiger partial charge in [-0.2, -0.15) is 0 Å². The van der Waals surface area contributed by atoms with E-state index in [1.807, 2.05) is 11.3 Å². The van der Waals surface area contributed by atoms with Crippen molar-refractivity contribution in [3.63, 3.8) is 0 Å². The van der Waals surface area contributed by atoms with Gasteiger partial charge in [0.1, 0.15) is 4.83 Å². The highest BCUT2D eigenvalue weighted by Gasteiger charge is 2.53. The van der Waals surface area contributed by atoms with Crippen molar-refractivity contribution < 1.29 is 0 Å². The van der Waals surface area contributed by atoms with Crippen LogP contribution in [0.2, 0.25) is 0 Å². The van der Waals surface area contributed by atoms with E-state index in [9.17, 15) is 0 Å². The van der Waals surface area contributed by atoms with E-state index in [-0.39, 0.29) is 5.54 Å². The molecular weight excluding hydrogens is 312 g/mol. The van der Waals surface area contributed by atoms with Gasteiger partial charge in [-0.3, -0.25) is 0 Å². The number of aromatic nitrogens is 1. The number of para-hydroxylation sites is 1. The van der Waals surface area contributed by atoms with E-state index >= 15 is 0 Å². The molecule has 3 heterocycles. The second kappa shape index (κ2) is 4.89. The highest BCUT2D eigenvalue weighted by molar-refractivity contribution is 7.16. The second-order valence-corrected chi connectivity index (χ2v) is 8.43. The molecule has 5 rings (SSSR count). The second-order valence-electron chi connectivity index (χ2n) is 7.53. The molecule has 1 atom stereocenters. The van der Waals surface area contributed by atoms with Crippen molar-refractivity contribution in [1.29, 1.82) is 0 Å². The minimum absolute atomic E-state index is 0.189. The van der Waals surface area contributed by atoms with Crippen LogP contribution in [0.4, 0.5) is 5.69 Å². The van der Waals surface area contributed by atoms with Crippen molar-refractivity contribution in [2.24, 2.45) is 7.05 Å². The average Bonchev–Trinajstić information content (AvgIpc) is 3.30. The van der Waals surface area contributed by atoms with Crippen molar-refractivity contribution in [1.82, 2.24) is 4.57 Å². The average molecular weight is 337 g/mol. The van der Waals surface area contributed by atoms with E-state index in [0.717, 1.165) is 0 Å². The SMILES string of the molecule is Cc1ccccc1N1C(C)c2c(n(C)c3sccc23)C12CCCC2. The van der Waals surface area contributed by atoms with Crippen LogP contribution in [0.1, 0.15) is 55.5 Å². The predicted octanol–water partition coefficient (Wildman–Crippen LogP) is 5.90. The summed E-state index contributed by atoms with van der Waals surface area (Å²) in [4.78, 5) is 4.21. The van der Waals surface area contributed by atoms with Crippen LogP contribution >= 0.6 is 11.3 Å². The lowest BCUT2D eigenvalue weighted by atomic mass is 9.92. The van der Waals surface area contributed by atoms with Gasteiger partial charge < -0.3 is 9.47 Å². The van der Waals surface area contributed by atoms with Gasteiger partial charge in [-0.15, -0.1) is 11.3 Å². The van der Waals surface area contributed by atoms with Gasteiger partial charge in [-0.05, 0) is 49.8 Å². The quantitative estimate of drug-likeness (QED) is 0.537. The van der Waals surface area contributed by atoms with Crippen molar-refractivity contribution in [2.75, 3.05) is 4.90 Å². The first-order valence-electron chi connectivity index (χ1n) is 9.06. The smallest absolute Gasteiger partial charge is 0.103 e. The van der Waals surface area contributed by atoms with Crippen LogP contribution in [-0.4, -0.2) is 4.57 Å². The van der Waals surface area contributed by atoms with E-state index in [1.165, 1.54) is 47.2 Å². The first kappa shape index (κ1) is 14.6. The van der Waals surface area contributed by atoms with Crippen LogP contribution in [0, 0.1) is 6.92 Å². The number of nitrogens with zero attached hydrogens (tertiary/aromatic N) is 2. The number of fused-ring (bicyclic) bond motifs is 4. The number of hydrogen-bond acceptors (Lipinski definition) is 2. The van der Waals surface area contributed by atoms with Gasteiger partial charge in [0.2, 0.25) is 0 Å². The van der Waals surface area contributed by atoms with Crippen LogP contribution in [0.15, 0.2) is 35.7 Å². The highest BCUT2D eigenvalue weighted by atomic mass is 32.1. The molecule has 1 fully saturated rings. The Morgan fingerprint density at radius 2 is 1.88 bits per heavy atom. The Kier molecular flexibility index (Phi) is 2.97. The maximum absolute atomic E-state index is 2.76. The number of hydrogen-bond donors (Lipinski definition) is 0. The molecule has 2 aliphatic rings. The van der Waals surface area contributed by atoms with Crippen molar-refractivity contribution >= 4 is 27.2 Å². The Labute approximate surface area is 147 Å². The molecule has 0 bridgehead atoms. The lowest BCUT2D eigenvalue weighted by Gasteiger charge is -2.41. The lowest BCUT2D eigenvalue weighted by Crippen LogP contribution is -2.41. The summed E-state index contributed by atoms with van der Waals surface area (Å²) in [5.41, 5.74) is 6.18. The Morgan fingerprint density at radius 1 is 1.12 bits per heavy atom. The standard InChI is InChI=1S/C21H24N2S/c1-14-8-4-5-9-17(14)23-15(2)18-16-10-13-24-20(16)22(3)19(18)21(23)11-6-7-12-21/h4-5,8-10,13,15H,6-7,11-12H2,1-3H3. The first-order chi connectivity index (χ1) is 11.6. The van der Waals surface area contributed by atoms with Crippen molar-refractivity contribution in [3.8, 4) is 0 Å². The number of thiophene rings is 1. The number of aryl methyl sites for hydroxylation is 2. The Balaban J connectivity index is 1.82. The maximum Gasteiger partial charge on any atom is 0.103 e. The fourth-order valence-corrected chi connectivity index (χ4v) is 6.37. The number of anilines is 1. The van der Waals surface area contributed by atoms with Crippen LogP contribution in [0.25, 0.3) is 10.2 Å². The summed E-state index contributed by atoms with van der Waals surface area (Å²) < 4.78 is 2.51. The largest absolute Gasteiger partial charge is 0.353 e. The summed E-state index contributed by atoms with van der Waals surface area (Å²) in [6.45, 7) is 4.67. The van der Waals surface area contributed by atoms with E-state index in [0.29, 0.717) is 6.04 Å². The van der Waals surface area contributed by atoms with Gasteiger partial charge in [0.05, 0.1) is 17.3 Å². The molecule has 1 aromatic carbocycles. The van der Waals surface area contributed by atoms with Crippen molar-refractivity contribution in [2.45, 2.75) is 51.1 Å². The molecule has 1 spiro atoms. The molecule has 1 saturated carbocycles. The normalized spacial score (nSPS) is 22.0. The van der Waals surface area contributed by atoms with Gasteiger partial charge in [-0.1, -0.05) is 31.0 Å². The van der Waals surface area contributed by atoms with Crippen molar-refractivity contribution in [3.05, 3.63) is 52.5 Å². The van der Waals surface area contributed by atoms with E-state index < -0.39 is 0 Å². The van der Waals surface area contributed by atoms with Gasteiger partial charge in [0.15, 0.2) is 0 Å². The van der Waals surface area contributed by atoms with Gasteiger partial charge in [0.25, 0.3) is 0 Å². The van der Waals surface area contributed by atoms with E-state index in [1.54, 1.807) is 11.3 Å². The molecule has 0 amide bonds. The number of rotatable bonds is 1. The molecule has 3 aromatic rings. The summed E-state index contributed by atoms with van der Waals surface area (Å²) in [5, 5.41) is 3.72. The molecule has 1 unspecified atom stereocenters. The fraction of sp³-hybridized carbons (Fsp3) is 0.429. The number of benzene rings is 1. The molecule has 0 radical (unpaired) electrons. The van der Waals surface area contributed by atoms with E-state index in [4.69, 9.17) is 0 Å². The Morgan fingerprint density at radius 3 is 2.62 bits per heavy atom. The minimum Gasteiger partial charge on any atom is -0.353 e. The van der Waals surface area contributed by atoms with Gasteiger partial charge in [-0.25, -0.2) is 0 Å². The molecule has 2 nitrogen and oxygen atoms in total. The maximum atomic E-state index is 2.76. The van der Waals surface area contributed by atoms with Gasteiger partial charge >= 0.3 is 0 Å². The summed E-state index contributed by atoms with van der Waals surface area (Å²) in [5.74, 6) is 0. The topological polar surface area (TPSA) is 8.17 Å². The molecule has 3 heteroatoms. The fourth-order valence-electron chi connectivity index (χ4n) is 5.49. The minimum atomic E-state index is 0.189. The summed E-state index contributed by atoms with van der Waals surface area (Å²) in [6, 6.07) is 11.7. The third-order valence-corrected chi connectivity index (χ3v) is 7.33. The zero-order chi connectivity index (χ0) is 16.5. The lowest BCUT2D eigenvalue weighted by molar-refractivity contribution is 0.398. The summed E-state index contributed by atoms with van der Waals surface area (Å²) in [6.07, 6.45) is 5.24.